The maximum absolute atomic E-state index is 5.66. The van der Waals surface area contributed by atoms with E-state index in [2.05, 4.69) is 106 Å². The summed E-state index contributed by atoms with van der Waals surface area (Å²) in [5, 5.41) is 11.6. The zero-order valence-electron chi connectivity index (χ0n) is 25.2. The molecule has 0 aliphatic rings. The van der Waals surface area contributed by atoms with Crippen LogP contribution in [0.1, 0.15) is 0 Å². The van der Waals surface area contributed by atoms with E-state index < -0.39 is 0 Å². The van der Waals surface area contributed by atoms with Crippen molar-refractivity contribution in [3.63, 3.8) is 0 Å². The summed E-state index contributed by atoms with van der Waals surface area (Å²) in [6.07, 6.45) is 3.67. The van der Waals surface area contributed by atoms with Crippen LogP contribution in [-0.4, -0.2) is 28.7 Å². The van der Waals surface area contributed by atoms with Crippen LogP contribution in [0.25, 0.3) is 120 Å². The average molecular weight is 609 g/mol. The molecule has 0 N–H and O–H groups in total. The Balaban J connectivity index is 1.45. The molecule has 0 amide bonds. The van der Waals surface area contributed by atoms with Gasteiger partial charge in [-0.15, -0.1) is 0 Å². The van der Waals surface area contributed by atoms with Crippen molar-refractivity contribution < 1.29 is 0 Å². The highest BCUT2D eigenvalue weighted by molar-refractivity contribution is 6.40. The monoisotopic (exact) mass is 608 g/mol. The number of fused-ring (bicyclic) bond motifs is 22. The third-order valence-corrected chi connectivity index (χ3v) is 10.8. The van der Waals surface area contributed by atoms with Crippen molar-refractivity contribution in [2.45, 2.75) is 0 Å². The van der Waals surface area contributed by atoms with E-state index >= 15 is 0 Å². The van der Waals surface area contributed by atoms with E-state index in [0.717, 1.165) is 54.6 Å². The fraction of sp³-hybridized carbons (Fsp3) is 0. The number of rotatable bonds is 0. The summed E-state index contributed by atoms with van der Waals surface area (Å²) in [7, 11) is 0. The number of nitrogens with zero attached hydrogens (tertiary/aromatic N) is 6. The Hall–Kier alpha value is -6.66. The summed E-state index contributed by atoms with van der Waals surface area (Å²) in [5.41, 5.74) is 12.4. The first-order valence-electron chi connectivity index (χ1n) is 16.3. The predicted octanol–water partition coefficient (Wildman–Crippen LogP) is 10.2. The number of hydrogen-bond donors (Lipinski definition) is 0. The zero-order chi connectivity index (χ0) is 30.8. The Morgan fingerprint density at radius 2 is 0.729 bits per heavy atom. The maximum atomic E-state index is 5.66. The van der Waals surface area contributed by atoms with Gasteiger partial charge in [0.05, 0.1) is 55.2 Å². The van der Waals surface area contributed by atoms with E-state index in [-0.39, 0.29) is 0 Å². The minimum atomic E-state index is 0.846. The smallest absolute Gasteiger partial charge is 0.100 e. The van der Waals surface area contributed by atoms with Gasteiger partial charge in [-0.3, -0.25) is 9.97 Å². The first kappa shape index (κ1) is 23.6. The third kappa shape index (κ3) is 2.46. The van der Waals surface area contributed by atoms with E-state index in [1.165, 1.54) is 65.4 Å². The van der Waals surface area contributed by atoms with Gasteiger partial charge >= 0.3 is 0 Å². The van der Waals surface area contributed by atoms with Crippen LogP contribution >= 0.6 is 0 Å². The van der Waals surface area contributed by atoms with E-state index in [0.29, 0.717) is 0 Å². The average Bonchev–Trinajstić information content (AvgIpc) is 3.88. The maximum Gasteiger partial charge on any atom is 0.100 e. The van der Waals surface area contributed by atoms with E-state index in [1.54, 1.807) is 0 Å². The van der Waals surface area contributed by atoms with Gasteiger partial charge in [-0.2, -0.15) is 0 Å². The largest absolute Gasteiger partial charge is 0.306 e. The summed E-state index contributed by atoms with van der Waals surface area (Å²) >= 11 is 0. The van der Waals surface area contributed by atoms with Gasteiger partial charge < -0.3 is 8.80 Å². The fourth-order valence-electron chi connectivity index (χ4n) is 9.04. The van der Waals surface area contributed by atoms with E-state index in [1.807, 2.05) is 24.5 Å². The lowest BCUT2D eigenvalue weighted by Crippen LogP contribution is -1.96. The number of para-hydroxylation sites is 4. The fourth-order valence-corrected chi connectivity index (χ4v) is 9.04. The SMILES string of the molecule is c1cnc2c(c1)c1nc3c(nc1c1cccnc12)c1c2cccc4c5ccccc5n(c42)c1c1c3c2cccc3c4ccccc4n1c32. The molecular formula is C42H20N6. The molecule has 0 atom stereocenters. The molecule has 0 spiro atoms. The molecular weight excluding hydrogens is 589 g/mol. The number of benzene rings is 6. The van der Waals surface area contributed by atoms with E-state index in [9.17, 15) is 0 Å². The van der Waals surface area contributed by atoms with E-state index in [4.69, 9.17) is 19.9 Å². The van der Waals surface area contributed by atoms with Crippen LogP contribution in [0.2, 0.25) is 0 Å². The second-order valence-electron chi connectivity index (χ2n) is 13.0. The molecule has 6 nitrogen and oxygen atoms in total. The summed E-state index contributed by atoms with van der Waals surface area (Å²) in [6.45, 7) is 0. The summed E-state index contributed by atoms with van der Waals surface area (Å²) in [4.78, 5) is 20.9. The first-order chi connectivity index (χ1) is 23.9. The Labute approximate surface area is 269 Å². The molecule has 7 aromatic heterocycles. The molecule has 0 aliphatic carbocycles. The Morgan fingerprint density at radius 3 is 1.23 bits per heavy atom. The molecule has 0 radical (unpaired) electrons. The second kappa shape index (κ2) is 7.82. The van der Waals surface area contributed by atoms with Crippen molar-refractivity contribution in [3.05, 3.63) is 122 Å². The van der Waals surface area contributed by atoms with Crippen molar-refractivity contribution in [2.75, 3.05) is 0 Å². The summed E-state index contributed by atoms with van der Waals surface area (Å²) in [6, 6.07) is 39.1. The number of pyridine rings is 2. The molecule has 218 valence electrons. The molecule has 48 heavy (non-hydrogen) atoms. The lowest BCUT2D eigenvalue weighted by atomic mass is 10.0. The molecule has 0 fully saturated rings. The van der Waals surface area contributed by atoms with Crippen LogP contribution in [0.3, 0.4) is 0 Å². The van der Waals surface area contributed by atoms with Crippen LogP contribution in [0.15, 0.2) is 122 Å². The van der Waals surface area contributed by atoms with Gasteiger partial charge in [0.2, 0.25) is 0 Å². The summed E-state index contributed by atoms with van der Waals surface area (Å²) < 4.78 is 4.99. The van der Waals surface area contributed by atoms with Crippen LogP contribution in [0, 0.1) is 0 Å². The third-order valence-electron chi connectivity index (χ3n) is 10.8. The second-order valence-corrected chi connectivity index (χ2v) is 13.0. The lowest BCUT2D eigenvalue weighted by molar-refractivity contribution is 1.33. The molecule has 0 saturated heterocycles. The topological polar surface area (TPSA) is 60.4 Å². The Kier molecular flexibility index (Phi) is 3.85. The van der Waals surface area contributed by atoms with Gasteiger partial charge in [0.15, 0.2) is 0 Å². The minimum Gasteiger partial charge on any atom is -0.306 e. The molecule has 0 aliphatic heterocycles. The molecule has 0 bridgehead atoms. The molecule has 6 aromatic carbocycles. The highest BCUT2D eigenvalue weighted by atomic mass is 15.0. The van der Waals surface area contributed by atoms with Crippen molar-refractivity contribution in [1.82, 2.24) is 28.7 Å². The molecule has 7 heterocycles. The van der Waals surface area contributed by atoms with Crippen LogP contribution < -0.4 is 0 Å². The Morgan fingerprint density at radius 1 is 0.312 bits per heavy atom. The minimum absolute atomic E-state index is 0.846. The van der Waals surface area contributed by atoms with Gasteiger partial charge in [-0.1, -0.05) is 72.8 Å². The van der Waals surface area contributed by atoms with Gasteiger partial charge in [-0.05, 0) is 36.4 Å². The molecule has 13 rings (SSSR count). The van der Waals surface area contributed by atoms with Crippen molar-refractivity contribution in [2.24, 2.45) is 0 Å². The quantitative estimate of drug-likeness (QED) is 0.127. The first-order valence-corrected chi connectivity index (χ1v) is 16.3. The van der Waals surface area contributed by atoms with Crippen molar-refractivity contribution in [1.29, 1.82) is 0 Å². The predicted molar refractivity (Wildman–Crippen MR) is 197 cm³/mol. The molecule has 0 saturated carbocycles. The van der Waals surface area contributed by atoms with Gasteiger partial charge in [0.1, 0.15) is 11.0 Å². The highest BCUT2D eigenvalue weighted by Gasteiger charge is 2.28. The summed E-state index contributed by atoms with van der Waals surface area (Å²) in [5.74, 6) is 0. The lowest BCUT2D eigenvalue weighted by Gasteiger charge is -2.11. The van der Waals surface area contributed by atoms with Gasteiger partial charge in [0.25, 0.3) is 0 Å². The van der Waals surface area contributed by atoms with Crippen LogP contribution in [0.4, 0.5) is 0 Å². The van der Waals surface area contributed by atoms with Crippen molar-refractivity contribution in [3.8, 4) is 0 Å². The van der Waals surface area contributed by atoms with Gasteiger partial charge in [0, 0.05) is 66.3 Å². The van der Waals surface area contributed by atoms with Crippen LogP contribution in [0.5, 0.6) is 0 Å². The number of aromatic nitrogens is 6. The molecule has 6 heteroatoms. The van der Waals surface area contributed by atoms with Crippen LogP contribution in [-0.2, 0) is 0 Å². The van der Waals surface area contributed by atoms with Gasteiger partial charge in [-0.25, -0.2) is 9.97 Å². The molecule has 13 aromatic rings. The number of hydrogen-bond acceptors (Lipinski definition) is 4. The standard InChI is InChI=1S/C42H20N6/c1-3-17-29-21(9-1)23-11-5-13-25-31-37-38(46-36-28-16-8-20-44-34(28)33-27(35(36)45-37)15-7-19-43-33)32-26-14-6-12-24-22-10-2-4-18-30(22)48(40(24)26)42(32)41(31)47(29)39(23)25/h1-20H. The molecule has 0 unspecified atom stereocenters. The zero-order valence-corrected chi connectivity index (χ0v) is 25.2. The van der Waals surface area contributed by atoms with Crippen molar-refractivity contribution >= 4 is 120 Å². The highest BCUT2D eigenvalue weighted by Crippen LogP contribution is 2.49. The normalized spacial score (nSPS) is 13.0. The Bertz CT molecular complexity index is 3340.